The molecule has 0 atom stereocenters. The van der Waals surface area contributed by atoms with Crippen LogP contribution in [0, 0.1) is 5.82 Å². The van der Waals surface area contributed by atoms with Crippen molar-refractivity contribution in [1.29, 1.82) is 0 Å². The van der Waals surface area contributed by atoms with E-state index in [1.54, 1.807) is 12.1 Å². The van der Waals surface area contributed by atoms with E-state index in [1.807, 2.05) is 18.2 Å². The maximum atomic E-state index is 13.0. The molecule has 4 nitrogen and oxygen atoms in total. The van der Waals surface area contributed by atoms with E-state index in [2.05, 4.69) is 16.3 Å². The summed E-state index contributed by atoms with van der Waals surface area (Å²) in [6, 6.07) is 14.4. The van der Waals surface area contributed by atoms with Gasteiger partial charge in [-0.2, -0.15) is 0 Å². The quantitative estimate of drug-likeness (QED) is 0.462. The third-order valence-electron chi connectivity index (χ3n) is 4.30. The van der Waals surface area contributed by atoms with Gasteiger partial charge >= 0.3 is 0 Å². The van der Waals surface area contributed by atoms with Gasteiger partial charge in [0.05, 0.1) is 13.2 Å². The Labute approximate surface area is 172 Å². The third-order valence-corrected chi connectivity index (χ3v) is 4.30. The molecular formula is C20H25Cl2FN2O2-2. The van der Waals surface area contributed by atoms with Crippen LogP contribution in [0.2, 0.25) is 0 Å². The van der Waals surface area contributed by atoms with Crippen molar-refractivity contribution in [2.45, 2.75) is 13.2 Å². The predicted molar refractivity (Wildman–Crippen MR) is 96.1 cm³/mol. The number of morpholine rings is 1. The van der Waals surface area contributed by atoms with Crippen LogP contribution in [0.4, 0.5) is 4.39 Å². The molecule has 0 amide bonds. The van der Waals surface area contributed by atoms with E-state index in [0.29, 0.717) is 6.61 Å². The zero-order valence-corrected chi connectivity index (χ0v) is 16.7. The van der Waals surface area contributed by atoms with Crippen LogP contribution < -0.4 is 34.9 Å². The van der Waals surface area contributed by atoms with Gasteiger partial charge in [0.25, 0.3) is 0 Å². The van der Waals surface area contributed by atoms with Gasteiger partial charge in [-0.05, 0) is 23.8 Å². The highest BCUT2D eigenvalue weighted by Gasteiger charge is 2.09. The molecule has 27 heavy (non-hydrogen) atoms. The first-order valence-electron chi connectivity index (χ1n) is 8.77. The molecule has 0 bridgehead atoms. The summed E-state index contributed by atoms with van der Waals surface area (Å²) in [6.45, 7) is 6.86. The molecule has 0 saturated carbocycles. The summed E-state index contributed by atoms with van der Waals surface area (Å²) >= 11 is 0. The summed E-state index contributed by atoms with van der Waals surface area (Å²) in [5, 5.41) is 3.48. The number of hydrogen-bond donors (Lipinski definition) is 1. The number of benzene rings is 2. The number of nitrogens with zero attached hydrogens (tertiary/aromatic N) is 1. The molecule has 7 heteroatoms. The largest absolute Gasteiger partial charge is 1.00 e. The molecule has 1 heterocycles. The summed E-state index contributed by atoms with van der Waals surface area (Å²) in [5.41, 5.74) is 2.09. The van der Waals surface area contributed by atoms with Crippen molar-refractivity contribution in [1.82, 2.24) is 10.2 Å². The average molecular weight is 415 g/mol. The molecule has 1 aliphatic rings. The molecule has 0 unspecified atom stereocenters. The highest BCUT2D eigenvalue weighted by Crippen LogP contribution is 2.19. The molecule has 0 aliphatic carbocycles. The number of nitrogens with one attached hydrogen (secondary N) is 1. The number of ether oxygens (including phenoxy) is 2. The maximum Gasteiger partial charge on any atom is 0.124 e. The molecule has 0 spiro atoms. The van der Waals surface area contributed by atoms with E-state index < -0.39 is 0 Å². The SMILES string of the molecule is Fc1ccc(COc2ccccc2CNCCN2CCOCC2)cc1.[Cl-].[Cl-]. The third kappa shape index (κ3) is 8.03. The van der Waals surface area contributed by atoms with Crippen LogP contribution in [0.1, 0.15) is 11.1 Å². The van der Waals surface area contributed by atoms with E-state index in [1.165, 1.54) is 12.1 Å². The Morgan fingerprint density at radius 1 is 1.00 bits per heavy atom. The number of para-hydroxylation sites is 1. The first-order chi connectivity index (χ1) is 12.3. The topological polar surface area (TPSA) is 33.7 Å². The van der Waals surface area contributed by atoms with Gasteiger partial charge in [0.2, 0.25) is 0 Å². The van der Waals surface area contributed by atoms with Gasteiger partial charge in [-0.25, -0.2) is 4.39 Å². The molecule has 2 aromatic carbocycles. The Morgan fingerprint density at radius 3 is 2.44 bits per heavy atom. The van der Waals surface area contributed by atoms with Crippen LogP contribution in [0.25, 0.3) is 0 Å². The van der Waals surface area contributed by atoms with Crippen molar-refractivity contribution < 1.29 is 38.7 Å². The Bertz CT molecular complexity index is 653. The second kappa shape index (κ2) is 12.9. The van der Waals surface area contributed by atoms with Crippen LogP contribution >= 0.6 is 0 Å². The van der Waals surface area contributed by atoms with Gasteiger partial charge in [0.1, 0.15) is 18.2 Å². The van der Waals surface area contributed by atoms with Gasteiger partial charge in [0, 0.05) is 38.3 Å². The molecule has 1 fully saturated rings. The molecule has 0 aromatic heterocycles. The number of halogens is 3. The average Bonchev–Trinajstić information content (AvgIpc) is 2.66. The van der Waals surface area contributed by atoms with Crippen molar-refractivity contribution in [2.24, 2.45) is 0 Å². The molecule has 3 rings (SSSR count). The summed E-state index contributed by atoms with van der Waals surface area (Å²) in [7, 11) is 0. The standard InChI is InChI=1S/C20H25FN2O2.2ClH/c21-19-7-5-17(6-8-19)16-25-20-4-2-1-3-18(20)15-22-9-10-23-11-13-24-14-12-23;;/h1-8,22H,9-16H2;2*1H/p-2. The van der Waals surface area contributed by atoms with Gasteiger partial charge in [-0.1, -0.05) is 30.3 Å². The second-order valence-electron chi connectivity index (χ2n) is 6.15. The molecule has 1 N–H and O–H groups in total. The van der Waals surface area contributed by atoms with Crippen molar-refractivity contribution in [3.8, 4) is 5.75 Å². The molecule has 2 aromatic rings. The van der Waals surface area contributed by atoms with Crippen LogP contribution in [-0.2, 0) is 17.9 Å². The number of hydrogen-bond acceptors (Lipinski definition) is 4. The minimum Gasteiger partial charge on any atom is -1.00 e. The Kier molecular flexibility index (Phi) is 11.3. The van der Waals surface area contributed by atoms with E-state index in [0.717, 1.165) is 62.8 Å². The minimum absolute atomic E-state index is 0. The Hall–Kier alpha value is -1.37. The molecule has 1 saturated heterocycles. The monoisotopic (exact) mass is 414 g/mol. The van der Waals surface area contributed by atoms with Gasteiger partial charge in [0.15, 0.2) is 0 Å². The molecule has 0 radical (unpaired) electrons. The lowest BCUT2D eigenvalue weighted by molar-refractivity contribution is -0.001000. The minimum atomic E-state index is -0.228. The molecule has 150 valence electrons. The van der Waals surface area contributed by atoms with Crippen LogP contribution in [0.5, 0.6) is 5.75 Å². The summed E-state index contributed by atoms with van der Waals surface area (Å²) in [4.78, 5) is 2.41. The van der Waals surface area contributed by atoms with E-state index in [4.69, 9.17) is 9.47 Å². The summed E-state index contributed by atoms with van der Waals surface area (Å²) in [5.74, 6) is 0.638. The van der Waals surface area contributed by atoms with E-state index >= 15 is 0 Å². The van der Waals surface area contributed by atoms with Crippen molar-refractivity contribution in [2.75, 3.05) is 39.4 Å². The summed E-state index contributed by atoms with van der Waals surface area (Å²) < 4.78 is 24.2. The van der Waals surface area contributed by atoms with Crippen molar-refractivity contribution in [3.63, 3.8) is 0 Å². The highest BCUT2D eigenvalue weighted by atomic mass is 35.5. The van der Waals surface area contributed by atoms with Crippen molar-refractivity contribution in [3.05, 3.63) is 65.5 Å². The first kappa shape index (κ1) is 23.7. The molecule has 1 aliphatic heterocycles. The predicted octanol–water partition coefficient (Wildman–Crippen LogP) is -3.17. The van der Waals surface area contributed by atoms with Crippen molar-refractivity contribution >= 4 is 0 Å². The van der Waals surface area contributed by atoms with Gasteiger partial charge in [-0.3, -0.25) is 4.90 Å². The second-order valence-corrected chi connectivity index (χ2v) is 6.15. The van der Waals surface area contributed by atoms with Crippen LogP contribution in [-0.4, -0.2) is 44.3 Å². The lowest BCUT2D eigenvalue weighted by Gasteiger charge is -2.26. The maximum absolute atomic E-state index is 13.0. The smallest absolute Gasteiger partial charge is 0.124 e. The lowest BCUT2D eigenvalue weighted by atomic mass is 10.2. The Balaban J connectivity index is 0.00000182. The number of rotatable bonds is 8. The van der Waals surface area contributed by atoms with Gasteiger partial charge in [-0.15, -0.1) is 0 Å². The lowest BCUT2D eigenvalue weighted by Crippen LogP contribution is -3.00. The fraction of sp³-hybridized carbons (Fsp3) is 0.400. The zero-order valence-electron chi connectivity index (χ0n) is 15.2. The normalized spacial score (nSPS) is 14.1. The van der Waals surface area contributed by atoms with Crippen LogP contribution in [0.3, 0.4) is 0 Å². The van der Waals surface area contributed by atoms with E-state index in [-0.39, 0.29) is 30.6 Å². The first-order valence-corrected chi connectivity index (χ1v) is 8.77. The van der Waals surface area contributed by atoms with E-state index in [9.17, 15) is 4.39 Å². The fourth-order valence-electron chi connectivity index (χ4n) is 2.82. The molecular weight excluding hydrogens is 390 g/mol. The highest BCUT2D eigenvalue weighted by molar-refractivity contribution is 5.33. The Morgan fingerprint density at radius 2 is 1.70 bits per heavy atom. The van der Waals surface area contributed by atoms with Crippen LogP contribution in [0.15, 0.2) is 48.5 Å². The van der Waals surface area contributed by atoms with Gasteiger partial charge < -0.3 is 39.6 Å². The fourth-order valence-corrected chi connectivity index (χ4v) is 2.82. The summed E-state index contributed by atoms with van der Waals surface area (Å²) in [6.07, 6.45) is 0. The zero-order chi connectivity index (χ0) is 17.3.